The molecule has 0 saturated carbocycles. The van der Waals surface area contributed by atoms with E-state index < -0.39 is 0 Å². The molecule has 0 aliphatic carbocycles. The topological polar surface area (TPSA) is 26.3 Å². The molecule has 1 aliphatic rings. The van der Waals surface area contributed by atoms with Gasteiger partial charge in [-0.2, -0.15) is 0 Å². The molecule has 3 rings (SSSR count). The molecule has 106 valence electrons. The smallest absolute Gasteiger partial charge is 0.306 e. The fraction of sp³-hybridized carbons (Fsp3) is 0.167. The monoisotopic (exact) mass is 298 g/mol. The lowest BCUT2D eigenvalue weighted by molar-refractivity contribution is -0.141. The fourth-order valence-electron chi connectivity index (χ4n) is 2.38. The summed E-state index contributed by atoms with van der Waals surface area (Å²) in [5.74, 6) is -0.109. The Hall–Kier alpha value is -2.06. The van der Waals surface area contributed by atoms with Gasteiger partial charge in [0, 0.05) is 11.4 Å². The Morgan fingerprint density at radius 2 is 1.81 bits per heavy atom. The summed E-state index contributed by atoms with van der Waals surface area (Å²) in [7, 11) is 0. The summed E-state index contributed by atoms with van der Waals surface area (Å²) < 4.78 is 5.26. The average molecular weight is 299 g/mol. The van der Waals surface area contributed by atoms with E-state index in [4.69, 9.17) is 16.3 Å². The molecule has 0 N–H and O–H groups in total. The summed E-state index contributed by atoms with van der Waals surface area (Å²) >= 11 is 6.12. The van der Waals surface area contributed by atoms with Gasteiger partial charge in [-0.25, -0.2) is 0 Å². The van der Waals surface area contributed by atoms with Gasteiger partial charge >= 0.3 is 5.97 Å². The normalized spacial score (nSPS) is 18.1. The van der Waals surface area contributed by atoms with E-state index in [1.807, 2.05) is 60.7 Å². The number of cyclic esters (lactones) is 1. The highest BCUT2D eigenvalue weighted by Gasteiger charge is 2.24. The molecule has 2 aromatic carbocycles. The molecule has 1 heterocycles. The Morgan fingerprint density at radius 3 is 2.48 bits per heavy atom. The van der Waals surface area contributed by atoms with Crippen LogP contribution in [0, 0.1) is 0 Å². The van der Waals surface area contributed by atoms with Crippen LogP contribution in [0.4, 0.5) is 0 Å². The summed E-state index contributed by atoms with van der Waals surface area (Å²) in [6.45, 7) is 0. The van der Waals surface area contributed by atoms with E-state index >= 15 is 0 Å². The predicted octanol–water partition coefficient (Wildman–Crippen LogP) is 4.89. The Kier molecular flexibility index (Phi) is 4.07. The molecular weight excluding hydrogens is 284 g/mol. The molecule has 21 heavy (non-hydrogen) atoms. The van der Waals surface area contributed by atoms with Crippen molar-refractivity contribution in [2.45, 2.75) is 18.9 Å². The summed E-state index contributed by atoms with van der Waals surface area (Å²) in [4.78, 5) is 11.1. The van der Waals surface area contributed by atoms with Gasteiger partial charge in [0.1, 0.15) is 6.10 Å². The maximum absolute atomic E-state index is 11.1. The van der Waals surface area contributed by atoms with Crippen LogP contribution < -0.4 is 0 Å². The first kappa shape index (κ1) is 13.9. The second kappa shape index (κ2) is 6.15. The third-order valence-corrected chi connectivity index (χ3v) is 3.90. The lowest BCUT2D eigenvalue weighted by Gasteiger charge is -2.09. The summed E-state index contributed by atoms with van der Waals surface area (Å²) in [5, 5.41) is 0.739. The molecule has 1 saturated heterocycles. The second-order valence-electron chi connectivity index (χ2n) is 5.04. The van der Waals surface area contributed by atoms with Gasteiger partial charge in [-0.3, -0.25) is 4.79 Å². The van der Waals surface area contributed by atoms with Gasteiger partial charge in [-0.1, -0.05) is 66.2 Å². The van der Waals surface area contributed by atoms with Gasteiger partial charge in [-0.15, -0.1) is 0 Å². The molecule has 2 aromatic rings. The van der Waals surface area contributed by atoms with Crippen LogP contribution in [0.25, 0.3) is 12.2 Å². The Balaban J connectivity index is 1.73. The van der Waals surface area contributed by atoms with Crippen molar-refractivity contribution in [2.75, 3.05) is 0 Å². The lowest BCUT2D eigenvalue weighted by atomic mass is 10.0. The minimum atomic E-state index is -0.109. The molecule has 0 amide bonds. The van der Waals surface area contributed by atoms with Crippen molar-refractivity contribution in [3.8, 4) is 0 Å². The quantitative estimate of drug-likeness (QED) is 0.596. The number of benzene rings is 2. The van der Waals surface area contributed by atoms with E-state index in [1.54, 1.807) is 0 Å². The molecule has 1 fully saturated rings. The van der Waals surface area contributed by atoms with Crippen molar-refractivity contribution in [1.29, 1.82) is 0 Å². The van der Waals surface area contributed by atoms with Crippen molar-refractivity contribution in [3.05, 3.63) is 70.2 Å². The number of carbonyl (C=O) groups is 1. The van der Waals surface area contributed by atoms with Crippen LogP contribution >= 0.6 is 11.6 Å². The van der Waals surface area contributed by atoms with Gasteiger partial charge in [0.25, 0.3) is 0 Å². The SMILES string of the molecule is O=C1CCC(c2ccc(/C=C/c3ccccc3Cl)cc2)O1. The molecule has 0 aromatic heterocycles. The van der Waals surface area contributed by atoms with Gasteiger partial charge < -0.3 is 4.74 Å². The summed E-state index contributed by atoms with van der Waals surface area (Å²) in [6.07, 6.45) is 5.21. The number of esters is 1. The van der Waals surface area contributed by atoms with Crippen molar-refractivity contribution in [3.63, 3.8) is 0 Å². The number of hydrogen-bond donors (Lipinski definition) is 0. The fourth-order valence-corrected chi connectivity index (χ4v) is 2.58. The Morgan fingerprint density at radius 1 is 1.05 bits per heavy atom. The predicted molar refractivity (Wildman–Crippen MR) is 84.9 cm³/mol. The first-order valence-electron chi connectivity index (χ1n) is 6.94. The molecular formula is C18H15ClO2. The minimum absolute atomic E-state index is 0.0842. The zero-order chi connectivity index (χ0) is 14.7. The zero-order valence-corrected chi connectivity index (χ0v) is 12.2. The van der Waals surface area contributed by atoms with Crippen LogP contribution in [0.3, 0.4) is 0 Å². The molecule has 0 bridgehead atoms. The molecule has 1 unspecified atom stereocenters. The highest BCUT2D eigenvalue weighted by molar-refractivity contribution is 6.32. The van der Waals surface area contributed by atoms with E-state index in [2.05, 4.69) is 0 Å². The standard InChI is InChI=1S/C18H15ClO2/c19-16-4-2-1-3-14(16)8-5-13-6-9-15(10-7-13)17-11-12-18(20)21-17/h1-10,17H,11-12H2/b8-5+. The van der Waals surface area contributed by atoms with Crippen molar-refractivity contribution in [1.82, 2.24) is 0 Å². The van der Waals surface area contributed by atoms with Gasteiger partial charge in [0.15, 0.2) is 0 Å². The molecule has 1 aliphatic heterocycles. The van der Waals surface area contributed by atoms with Gasteiger partial charge in [-0.05, 0) is 29.2 Å². The number of hydrogen-bond acceptors (Lipinski definition) is 2. The molecule has 3 heteroatoms. The highest BCUT2D eigenvalue weighted by atomic mass is 35.5. The summed E-state index contributed by atoms with van der Waals surface area (Å²) in [6, 6.07) is 15.8. The second-order valence-corrected chi connectivity index (χ2v) is 5.45. The minimum Gasteiger partial charge on any atom is -0.457 e. The number of ether oxygens (including phenoxy) is 1. The van der Waals surface area contributed by atoms with Gasteiger partial charge in [0.2, 0.25) is 0 Å². The maximum atomic E-state index is 11.1. The zero-order valence-electron chi connectivity index (χ0n) is 11.5. The van der Waals surface area contributed by atoms with Gasteiger partial charge in [0.05, 0.1) is 0 Å². The molecule has 0 spiro atoms. The van der Waals surface area contributed by atoms with E-state index in [-0.39, 0.29) is 12.1 Å². The third-order valence-electron chi connectivity index (χ3n) is 3.55. The summed E-state index contributed by atoms with van der Waals surface area (Å²) in [5.41, 5.74) is 3.13. The Bertz CT molecular complexity index is 674. The maximum Gasteiger partial charge on any atom is 0.306 e. The first-order chi connectivity index (χ1) is 10.2. The van der Waals surface area contributed by atoms with E-state index in [9.17, 15) is 4.79 Å². The van der Waals surface area contributed by atoms with Crippen LogP contribution in [0.15, 0.2) is 48.5 Å². The first-order valence-corrected chi connectivity index (χ1v) is 7.32. The van der Waals surface area contributed by atoms with Crippen LogP contribution in [-0.2, 0) is 9.53 Å². The van der Waals surface area contributed by atoms with Crippen molar-refractivity contribution < 1.29 is 9.53 Å². The van der Waals surface area contributed by atoms with E-state index in [1.165, 1.54) is 0 Å². The van der Waals surface area contributed by atoms with Crippen molar-refractivity contribution >= 4 is 29.7 Å². The average Bonchev–Trinajstić information content (AvgIpc) is 2.94. The number of halogens is 1. The Labute approximate surface area is 129 Å². The molecule has 2 nitrogen and oxygen atoms in total. The van der Waals surface area contributed by atoms with Crippen molar-refractivity contribution in [2.24, 2.45) is 0 Å². The van der Waals surface area contributed by atoms with Crippen LogP contribution in [0.1, 0.15) is 35.6 Å². The van der Waals surface area contributed by atoms with E-state index in [0.29, 0.717) is 6.42 Å². The molecule has 0 radical (unpaired) electrons. The van der Waals surface area contributed by atoms with Crippen LogP contribution in [0.2, 0.25) is 5.02 Å². The molecule has 1 atom stereocenters. The highest BCUT2D eigenvalue weighted by Crippen LogP contribution is 2.29. The van der Waals surface area contributed by atoms with Crippen LogP contribution in [-0.4, -0.2) is 5.97 Å². The van der Waals surface area contributed by atoms with Crippen LogP contribution in [0.5, 0.6) is 0 Å². The van der Waals surface area contributed by atoms with E-state index in [0.717, 1.165) is 28.1 Å². The number of carbonyl (C=O) groups excluding carboxylic acids is 1. The number of rotatable bonds is 3. The largest absolute Gasteiger partial charge is 0.457 e. The lowest BCUT2D eigenvalue weighted by Crippen LogP contribution is -1.98. The third kappa shape index (κ3) is 3.34.